The molecule has 0 aromatic heterocycles. The van der Waals surface area contributed by atoms with Crippen molar-refractivity contribution in [3.8, 4) is 0 Å². The number of ketones is 1. The SMILES string of the molecule is CC(C(=O)CSC(C)(C)C)C(=O)OC(C)(C)C. The minimum absolute atomic E-state index is 0.0311. The Kier molecular flexibility index (Phi) is 5.72. The third kappa shape index (κ3) is 8.25. The highest BCUT2D eigenvalue weighted by molar-refractivity contribution is 8.01. The van der Waals surface area contributed by atoms with Crippen LogP contribution < -0.4 is 0 Å². The molecular formula is C13H24O3S. The van der Waals surface area contributed by atoms with Gasteiger partial charge in [0.2, 0.25) is 0 Å². The topological polar surface area (TPSA) is 43.4 Å². The fourth-order valence-electron chi connectivity index (χ4n) is 0.934. The molecule has 0 aliphatic carbocycles. The first kappa shape index (κ1) is 16.5. The highest BCUT2D eigenvalue weighted by Crippen LogP contribution is 2.24. The molecule has 0 amide bonds. The molecule has 0 fully saturated rings. The van der Waals surface area contributed by atoms with Crippen molar-refractivity contribution >= 4 is 23.5 Å². The lowest BCUT2D eigenvalue weighted by Crippen LogP contribution is -2.32. The van der Waals surface area contributed by atoms with Crippen LogP contribution in [0.4, 0.5) is 0 Å². The lowest BCUT2D eigenvalue weighted by Gasteiger charge is -2.22. The van der Waals surface area contributed by atoms with Crippen molar-refractivity contribution in [1.29, 1.82) is 0 Å². The molecule has 1 unspecified atom stereocenters. The molecular weight excluding hydrogens is 236 g/mol. The molecule has 3 nitrogen and oxygen atoms in total. The average molecular weight is 260 g/mol. The summed E-state index contributed by atoms with van der Waals surface area (Å²) < 4.78 is 5.21. The molecule has 0 radical (unpaired) electrons. The van der Waals surface area contributed by atoms with Crippen molar-refractivity contribution in [1.82, 2.24) is 0 Å². The second-order valence-corrected chi connectivity index (χ2v) is 7.92. The molecule has 0 N–H and O–H groups in total. The number of Topliss-reactive ketones (excluding diaryl/α,β-unsaturated/α-hetero) is 1. The van der Waals surface area contributed by atoms with Crippen LogP contribution in [0.3, 0.4) is 0 Å². The van der Waals surface area contributed by atoms with E-state index < -0.39 is 17.5 Å². The van der Waals surface area contributed by atoms with Gasteiger partial charge in [-0.15, -0.1) is 11.8 Å². The summed E-state index contributed by atoms with van der Waals surface area (Å²) in [6, 6.07) is 0. The van der Waals surface area contributed by atoms with Crippen LogP contribution in [0, 0.1) is 5.92 Å². The standard InChI is InChI=1S/C13H24O3S/c1-9(11(15)16-12(2,3)4)10(14)8-17-13(5,6)7/h9H,8H2,1-7H3. The number of carbonyl (C=O) groups is 2. The fourth-order valence-corrected chi connectivity index (χ4v) is 1.76. The number of carbonyl (C=O) groups excluding carboxylic acids is 2. The Morgan fingerprint density at radius 1 is 1.12 bits per heavy atom. The minimum Gasteiger partial charge on any atom is -0.459 e. The maximum Gasteiger partial charge on any atom is 0.316 e. The van der Waals surface area contributed by atoms with E-state index in [0.717, 1.165) is 0 Å². The molecule has 0 aromatic carbocycles. The first-order valence-corrected chi connectivity index (χ1v) is 6.80. The van der Waals surface area contributed by atoms with Gasteiger partial charge in [-0.1, -0.05) is 20.8 Å². The maximum absolute atomic E-state index is 11.8. The summed E-state index contributed by atoms with van der Waals surface area (Å²) in [5.41, 5.74) is -0.539. The van der Waals surface area contributed by atoms with E-state index >= 15 is 0 Å². The number of hydrogen-bond acceptors (Lipinski definition) is 4. The lowest BCUT2D eigenvalue weighted by atomic mass is 10.1. The quantitative estimate of drug-likeness (QED) is 0.575. The van der Waals surface area contributed by atoms with Gasteiger partial charge in [0, 0.05) is 4.75 Å². The third-order valence-corrected chi connectivity index (χ3v) is 3.19. The lowest BCUT2D eigenvalue weighted by molar-refractivity contribution is -0.160. The zero-order chi connectivity index (χ0) is 13.9. The van der Waals surface area contributed by atoms with E-state index in [4.69, 9.17) is 4.74 Å². The zero-order valence-electron chi connectivity index (χ0n) is 11.9. The van der Waals surface area contributed by atoms with Crippen LogP contribution >= 0.6 is 11.8 Å². The van der Waals surface area contributed by atoms with Crippen LogP contribution in [0.2, 0.25) is 0 Å². The van der Waals surface area contributed by atoms with Gasteiger partial charge in [0.25, 0.3) is 0 Å². The number of thioether (sulfide) groups is 1. The predicted molar refractivity (Wildman–Crippen MR) is 72.2 cm³/mol. The molecule has 17 heavy (non-hydrogen) atoms. The first-order valence-electron chi connectivity index (χ1n) is 5.82. The van der Waals surface area contributed by atoms with Gasteiger partial charge in [-0.05, 0) is 27.7 Å². The van der Waals surface area contributed by atoms with Gasteiger partial charge < -0.3 is 4.74 Å². The van der Waals surface area contributed by atoms with Gasteiger partial charge in [0.05, 0.1) is 5.75 Å². The summed E-state index contributed by atoms with van der Waals surface area (Å²) in [6.07, 6.45) is 0. The van der Waals surface area contributed by atoms with Crippen LogP contribution in [0.1, 0.15) is 48.5 Å². The zero-order valence-corrected chi connectivity index (χ0v) is 12.7. The predicted octanol–water partition coefficient (Wildman–Crippen LogP) is 3.07. The molecule has 0 spiro atoms. The molecule has 0 aliphatic rings. The molecule has 4 heteroatoms. The monoisotopic (exact) mass is 260 g/mol. The van der Waals surface area contributed by atoms with Crippen LogP contribution in [0.5, 0.6) is 0 Å². The summed E-state index contributed by atoms with van der Waals surface area (Å²) in [7, 11) is 0. The number of ether oxygens (including phenoxy) is 1. The molecule has 0 saturated carbocycles. The highest BCUT2D eigenvalue weighted by Gasteiger charge is 2.27. The minimum atomic E-state index is -0.677. The Labute approximate surface area is 109 Å². The van der Waals surface area contributed by atoms with Crippen LogP contribution in [-0.2, 0) is 14.3 Å². The normalized spacial score (nSPS) is 14.3. The molecule has 0 aliphatic heterocycles. The Bertz CT molecular complexity index is 284. The van der Waals surface area contributed by atoms with Crippen molar-refractivity contribution < 1.29 is 14.3 Å². The van der Waals surface area contributed by atoms with Gasteiger partial charge in [0.15, 0.2) is 5.78 Å². The van der Waals surface area contributed by atoms with Gasteiger partial charge in [0.1, 0.15) is 11.5 Å². The van der Waals surface area contributed by atoms with E-state index in [9.17, 15) is 9.59 Å². The first-order chi connectivity index (χ1) is 7.42. The summed E-state index contributed by atoms with van der Waals surface area (Å²) in [6.45, 7) is 13.1. The Balaban J connectivity index is 4.27. The Morgan fingerprint density at radius 2 is 1.59 bits per heavy atom. The average Bonchev–Trinajstić information content (AvgIpc) is 2.08. The van der Waals surface area contributed by atoms with E-state index in [-0.39, 0.29) is 10.5 Å². The van der Waals surface area contributed by atoms with Crippen LogP contribution in [0.15, 0.2) is 0 Å². The summed E-state index contributed by atoms with van der Waals surface area (Å²) in [5, 5.41) is 0. The second-order valence-electron chi connectivity index (χ2n) is 6.12. The molecule has 0 saturated heterocycles. The molecule has 0 bridgehead atoms. The summed E-state index contributed by atoms with van der Waals surface area (Å²) in [5.74, 6) is -0.829. The van der Waals surface area contributed by atoms with E-state index in [1.54, 1.807) is 39.5 Å². The van der Waals surface area contributed by atoms with Crippen molar-refractivity contribution in [2.75, 3.05) is 5.75 Å². The summed E-state index contributed by atoms with van der Waals surface area (Å²) >= 11 is 1.55. The highest BCUT2D eigenvalue weighted by atomic mass is 32.2. The number of esters is 1. The van der Waals surface area contributed by atoms with E-state index in [1.165, 1.54) is 0 Å². The number of hydrogen-bond donors (Lipinski definition) is 0. The Morgan fingerprint density at radius 3 is 1.94 bits per heavy atom. The van der Waals surface area contributed by atoms with E-state index in [2.05, 4.69) is 0 Å². The third-order valence-electron chi connectivity index (χ3n) is 1.89. The van der Waals surface area contributed by atoms with Crippen LogP contribution in [0.25, 0.3) is 0 Å². The maximum atomic E-state index is 11.8. The van der Waals surface area contributed by atoms with E-state index in [1.807, 2.05) is 20.8 Å². The molecule has 1 atom stereocenters. The van der Waals surface area contributed by atoms with Gasteiger partial charge >= 0.3 is 5.97 Å². The van der Waals surface area contributed by atoms with Crippen molar-refractivity contribution in [3.05, 3.63) is 0 Å². The largest absolute Gasteiger partial charge is 0.459 e. The molecule has 0 rings (SSSR count). The van der Waals surface area contributed by atoms with E-state index in [0.29, 0.717) is 5.75 Å². The summed E-state index contributed by atoms with van der Waals surface area (Å²) in [4.78, 5) is 23.5. The van der Waals surface area contributed by atoms with Crippen molar-refractivity contribution in [3.63, 3.8) is 0 Å². The van der Waals surface area contributed by atoms with Crippen molar-refractivity contribution in [2.24, 2.45) is 5.92 Å². The molecule has 0 aromatic rings. The molecule has 100 valence electrons. The smallest absolute Gasteiger partial charge is 0.316 e. The fraction of sp³-hybridized carbons (Fsp3) is 0.846. The van der Waals surface area contributed by atoms with Gasteiger partial charge in [-0.3, -0.25) is 9.59 Å². The van der Waals surface area contributed by atoms with Gasteiger partial charge in [-0.2, -0.15) is 0 Å². The van der Waals surface area contributed by atoms with Crippen LogP contribution in [-0.4, -0.2) is 27.9 Å². The molecule has 0 heterocycles. The second kappa shape index (κ2) is 5.89. The Hall–Kier alpha value is -0.510. The van der Waals surface area contributed by atoms with Crippen molar-refractivity contribution in [2.45, 2.75) is 58.8 Å². The number of rotatable bonds is 4. The van der Waals surface area contributed by atoms with Gasteiger partial charge in [-0.25, -0.2) is 0 Å².